The van der Waals surface area contributed by atoms with Gasteiger partial charge in [0.1, 0.15) is 23.7 Å². The monoisotopic (exact) mass is 464 g/mol. The Labute approximate surface area is 194 Å². The van der Waals surface area contributed by atoms with Crippen LogP contribution in [-0.2, 0) is 15.0 Å². The fourth-order valence-electron chi connectivity index (χ4n) is 4.85. The number of fused-ring (bicyclic) bond motifs is 4. The normalized spacial score (nSPS) is 21.5. The Kier molecular flexibility index (Phi) is 4.96. The molecule has 1 aromatic heterocycles. The maximum atomic E-state index is 15.5. The second-order valence-corrected chi connectivity index (χ2v) is 8.51. The molecule has 0 saturated carbocycles. The van der Waals surface area contributed by atoms with Crippen molar-refractivity contribution in [2.75, 3.05) is 44.4 Å². The second-order valence-electron chi connectivity index (χ2n) is 8.51. The summed E-state index contributed by atoms with van der Waals surface area (Å²) in [7, 11) is 0. The fourth-order valence-corrected chi connectivity index (χ4v) is 4.85. The van der Waals surface area contributed by atoms with Crippen molar-refractivity contribution < 1.29 is 23.0 Å². The number of morpholine rings is 1. The van der Waals surface area contributed by atoms with E-state index < -0.39 is 17.3 Å². The third-order valence-electron chi connectivity index (χ3n) is 6.45. The minimum absolute atomic E-state index is 0.0897. The summed E-state index contributed by atoms with van der Waals surface area (Å²) in [5.74, 6) is -0.282. The second kappa shape index (κ2) is 8.03. The Morgan fingerprint density at radius 2 is 1.85 bits per heavy atom. The van der Waals surface area contributed by atoms with Crippen LogP contribution in [0, 0.1) is 11.8 Å². The van der Waals surface area contributed by atoms with Crippen LogP contribution in [-0.4, -0.2) is 50.3 Å². The SMILES string of the molecule is NC1=N[C@@]2(COC1)c1cc(-c3cccnc3F)ccc1Oc1c(F)cc(N3CCOCC3)cc12. The van der Waals surface area contributed by atoms with E-state index in [0.717, 1.165) is 0 Å². The van der Waals surface area contributed by atoms with E-state index in [0.29, 0.717) is 65.8 Å². The van der Waals surface area contributed by atoms with Crippen LogP contribution in [0.3, 0.4) is 0 Å². The Balaban J connectivity index is 1.56. The molecule has 4 heterocycles. The Morgan fingerprint density at radius 1 is 1.00 bits per heavy atom. The van der Waals surface area contributed by atoms with Gasteiger partial charge in [0, 0.05) is 47.7 Å². The number of ether oxygens (including phenoxy) is 3. The molecule has 0 amide bonds. The number of aliphatic imine (C=N–C) groups is 1. The molecular weight excluding hydrogens is 442 g/mol. The van der Waals surface area contributed by atoms with Gasteiger partial charge < -0.3 is 24.8 Å². The van der Waals surface area contributed by atoms with Gasteiger partial charge in [0.2, 0.25) is 5.95 Å². The molecule has 0 aliphatic carbocycles. The number of aromatic nitrogens is 1. The van der Waals surface area contributed by atoms with Crippen molar-refractivity contribution in [1.82, 2.24) is 4.98 Å². The number of hydrogen-bond acceptors (Lipinski definition) is 7. The quantitative estimate of drug-likeness (QED) is 0.584. The summed E-state index contributed by atoms with van der Waals surface area (Å²) in [6.45, 7) is 2.75. The zero-order valence-corrected chi connectivity index (χ0v) is 18.3. The lowest BCUT2D eigenvalue weighted by molar-refractivity contribution is 0.109. The average Bonchev–Trinajstić information content (AvgIpc) is 2.86. The number of nitrogens with zero attached hydrogens (tertiary/aromatic N) is 3. The number of amidine groups is 1. The highest BCUT2D eigenvalue weighted by atomic mass is 19.1. The number of benzene rings is 2. The standard InChI is InChI=1S/C25H22F2N4O3/c26-20-12-16(31-6-8-32-9-7-31)11-19-23(20)34-21-4-3-15(17-2-1-5-29-24(17)27)10-18(21)25(19)14-33-13-22(28)30-25/h1-5,10-12H,6-9,13-14H2,(H2,28,30)/t25-/m0/s1. The molecule has 174 valence electrons. The van der Waals surface area contributed by atoms with Crippen LogP contribution in [0.2, 0.25) is 0 Å². The third-order valence-corrected chi connectivity index (χ3v) is 6.45. The summed E-state index contributed by atoms with van der Waals surface area (Å²) < 4.78 is 47.2. The Bertz CT molecular complexity index is 1310. The number of hydrogen-bond donors (Lipinski definition) is 1. The summed E-state index contributed by atoms with van der Waals surface area (Å²) >= 11 is 0. The van der Waals surface area contributed by atoms with Crippen molar-refractivity contribution in [3.05, 3.63) is 71.6 Å². The molecule has 0 radical (unpaired) electrons. The molecule has 2 aromatic carbocycles. The van der Waals surface area contributed by atoms with Crippen LogP contribution in [0.25, 0.3) is 11.1 Å². The lowest BCUT2D eigenvalue weighted by Gasteiger charge is -2.40. The fraction of sp³-hybridized carbons (Fsp3) is 0.280. The maximum Gasteiger partial charge on any atom is 0.220 e. The third kappa shape index (κ3) is 3.31. The predicted octanol–water partition coefficient (Wildman–Crippen LogP) is 3.60. The van der Waals surface area contributed by atoms with Crippen LogP contribution in [0.1, 0.15) is 11.1 Å². The Hall–Kier alpha value is -3.56. The van der Waals surface area contributed by atoms with Crippen LogP contribution in [0.5, 0.6) is 11.5 Å². The van der Waals surface area contributed by atoms with Crippen molar-refractivity contribution in [2.45, 2.75) is 5.54 Å². The highest BCUT2D eigenvalue weighted by Gasteiger charge is 2.46. The van der Waals surface area contributed by atoms with Gasteiger partial charge in [0.25, 0.3) is 0 Å². The lowest BCUT2D eigenvalue weighted by Crippen LogP contribution is -2.43. The lowest BCUT2D eigenvalue weighted by atomic mass is 9.79. The van der Waals surface area contributed by atoms with Gasteiger partial charge in [0.05, 0.1) is 19.8 Å². The molecule has 1 atom stereocenters. The van der Waals surface area contributed by atoms with Crippen LogP contribution in [0.15, 0.2) is 53.7 Å². The molecule has 1 fully saturated rings. The number of pyridine rings is 1. The van der Waals surface area contributed by atoms with Gasteiger partial charge in [-0.25, -0.2) is 9.37 Å². The molecule has 0 bridgehead atoms. The van der Waals surface area contributed by atoms with Crippen molar-refractivity contribution in [2.24, 2.45) is 10.7 Å². The zero-order valence-electron chi connectivity index (χ0n) is 18.3. The van der Waals surface area contributed by atoms with Gasteiger partial charge in [-0.3, -0.25) is 4.99 Å². The van der Waals surface area contributed by atoms with Crippen LogP contribution >= 0.6 is 0 Å². The maximum absolute atomic E-state index is 15.5. The van der Waals surface area contributed by atoms with Crippen molar-refractivity contribution >= 4 is 11.5 Å². The first-order valence-electron chi connectivity index (χ1n) is 11.1. The van der Waals surface area contributed by atoms with E-state index in [2.05, 4.69) is 9.88 Å². The van der Waals surface area contributed by atoms with E-state index in [9.17, 15) is 4.39 Å². The van der Waals surface area contributed by atoms with Crippen LogP contribution in [0.4, 0.5) is 14.5 Å². The first-order chi connectivity index (χ1) is 16.5. The van der Waals surface area contributed by atoms with Gasteiger partial charge in [0.15, 0.2) is 11.6 Å². The van der Waals surface area contributed by atoms with E-state index in [-0.39, 0.29) is 19.0 Å². The van der Waals surface area contributed by atoms with E-state index in [4.69, 9.17) is 24.9 Å². The number of rotatable bonds is 2. The van der Waals surface area contributed by atoms with Gasteiger partial charge >= 0.3 is 0 Å². The first kappa shape index (κ1) is 21.0. The molecule has 3 aliphatic rings. The molecule has 3 aromatic rings. The molecular formula is C25H22F2N4O3. The number of nitrogens with two attached hydrogens (primary N) is 1. The molecule has 0 unspecified atom stereocenters. The molecule has 7 nitrogen and oxygen atoms in total. The summed E-state index contributed by atoms with van der Waals surface area (Å²) in [4.78, 5) is 10.6. The topological polar surface area (TPSA) is 82.2 Å². The van der Waals surface area contributed by atoms with E-state index in [1.165, 1.54) is 12.3 Å². The number of halogens is 2. The Morgan fingerprint density at radius 3 is 2.65 bits per heavy atom. The number of anilines is 1. The molecule has 34 heavy (non-hydrogen) atoms. The summed E-state index contributed by atoms with van der Waals surface area (Å²) in [6.07, 6.45) is 1.40. The molecule has 1 saturated heterocycles. The summed E-state index contributed by atoms with van der Waals surface area (Å²) in [5.41, 5.74) is 7.80. The molecule has 2 N–H and O–H groups in total. The first-order valence-corrected chi connectivity index (χ1v) is 11.1. The largest absolute Gasteiger partial charge is 0.453 e. The average molecular weight is 464 g/mol. The zero-order chi connectivity index (χ0) is 23.3. The van der Waals surface area contributed by atoms with Crippen molar-refractivity contribution in [1.29, 1.82) is 0 Å². The minimum atomic E-state index is -1.14. The van der Waals surface area contributed by atoms with E-state index in [1.807, 2.05) is 6.07 Å². The van der Waals surface area contributed by atoms with Crippen LogP contribution < -0.4 is 15.4 Å². The van der Waals surface area contributed by atoms with Gasteiger partial charge in [-0.2, -0.15) is 4.39 Å². The van der Waals surface area contributed by atoms with Gasteiger partial charge in [-0.15, -0.1) is 0 Å². The molecule has 1 spiro atoms. The van der Waals surface area contributed by atoms with Crippen molar-refractivity contribution in [3.63, 3.8) is 0 Å². The smallest absolute Gasteiger partial charge is 0.220 e. The highest BCUT2D eigenvalue weighted by Crippen LogP contribution is 2.52. The van der Waals surface area contributed by atoms with E-state index in [1.54, 1.807) is 30.3 Å². The minimum Gasteiger partial charge on any atom is -0.453 e. The molecule has 6 rings (SSSR count). The van der Waals surface area contributed by atoms with Gasteiger partial charge in [-0.1, -0.05) is 6.07 Å². The molecule has 9 heteroatoms. The van der Waals surface area contributed by atoms with E-state index >= 15 is 4.39 Å². The summed E-state index contributed by atoms with van der Waals surface area (Å²) in [5, 5.41) is 0. The van der Waals surface area contributed by atoms with Crippen molar-refractivity contribution in [3.8, 4) is 22.6 Å². The van der Waals surface area contributed by atoms with Gasteiger partial charge in [-0.05, 0) is 35.9 Å². The molecule has 3 aliphatic heterocycles. The highest BCUT2D eigenvalue weighted by molar-refractivity contribution is 5.84. The predicted molar refractivity (Wildman–Crippen MR) is 122 cm³/mol. The summed E-state index contributed by atoms with van der Waals surface area (Å²) in [6, 6.07) is 11.9.